The predicted octanol–water partition coefficient (Wildman–Crippen LogP) is 4.93. The number of aromatic nitrogens is 2. The summed E-state index contributed by atoms with van der Waals surface area (Å²) < 4.78 is 44.5. The number of rotatable bonds is 7. The highest BCUT2D eigenvalue weighted by Gasteiger charge is 2.39. The molecule has 3 unspecified atom stereocenters. The third-order valence-corrected chi connectivity index (χ3v) is 7.82. The zero-order valence-electron chi connectivity index (χ0n) is 21.4. The Labute approximate surface area is 232 Å². The lowest BCUT2D eigenvalue weighted by atomic mass is 9.94. The highest BCUT2D eigenvalue weighted by Crippen LogP contribution is 2.39. The Hall–Kier alpha value is -3.19. The maximum atomic E-state index is 14.4. The summed E-state index contributed by atoms with van der Waals surface area (Å²) in [6.45, 7) is 4.26. The number of nitrogens with one attached hydrogen (secondary N) is 1. The van der Waals surface area contributed by atoms with E-state index in [4.69, 9.17) is 30.6 Å². The van der Waals surface area contributed by atoms with Gasteiger partial charge in [-0.3, -0.25) is 9.89 Å². The van der Waals surface area contributed by atoms with Crippen LogP contribution in [0.25, 0.3) is 0 Å². The van der Waals surface area contributed by atoms with E-state index >= 15 is 0 Å². The average molecular weight is 578 g/mol. The second kappa shape index (κ2) is 11.5. The van der Waals surface area contributed by atoms with Gasteiger partial charge in [0.05, 0.1) is 38.1 Å². The summed E-state index contributed by atoms with van der Waals surface area (Å²) in [6.07, 6.45) is 1.78. The summed E-state index contributed by atoms with van der Waals surface area (Å²) in [6, 6.07) is 2.52. The highest BCUT2D eigenvalue weighted by molar-refractivity contribution is 7.11. The number of methoxy groups -OCH3 is 1. The molecule has 1 fully saturated rings. The average Bonchev–Trinajstić information content (AvgIpc) is 3.62. The highest BCUT2D eigenvalue weighted by atomic mass is 35.5. The molecule has 1 saturated heterocycles. The fourth-order valence-electron chi connectivity index (χ4n) is 4.84. The van der Waals surface area contributed by atoms with Crippen LogP contribution in [0.5, 0.6) is 0 Å². The first kappa shape index (κ1) is 27.4. The number of ether oxygens (including phenoxy) is 2. The van der Waals surface area contributed by atoms with E-state index in [0.717, 1.165) is 0 Å². The van der Waals surface area contributed by atoms with Crippen molar-refractivity contribution >= 4 is 34.7 Å². The summed E-state index contributed by atoms with van der Waals surface area (Å²) in [4.78, 5) is 24.5. The minimum Gasteiger partial charge on any atom is -0.466 e. The molecule has 1 N–H and O–H groups in total. The number of morpholine rings is 1. The molecule has 0 saturated carbocycles. The summed E-state index contributed by atoms with van der Waals surface area (Å²) in [7, 11) is 1.28. The van der Waals surface area contributed by atoms with Gasteiger partial charge >= 0.3 is 5.97 Å². The molecule has 2 aliphatic rings. The number of amidine groups is 1. The van der Waals surface area contributed by atoms with Crippen LogP contribution in [0.1, 0.15) is 54.0 Å². The van der Waals surface area contributed by atoms with Crippen molar-refractivity contribution in [1.82, 2.24) is 20.4 Å². The molecule has 206 valence electrons. The zero-order chi connectivity index (χ0) is 27.7. The van der Waals surface area contributed by atoms with Crippen LogP contribution in [0.3, 0.4) is 0 Å². The molecule has 4 atom stereocenters. The molecule has 1 aromatic carbocycles. The van der Waals surface area contributed by atoms with Gasteiger partial charge in [0, 0.05) is 46.0 Å². The lowest BCUT2D eigenvalue weighted by Gasteiger charge is -2.41. The first-order valence-corrected chi connectivity index (χ1v) is 13.5. The summed E-state index contributed by atoms with van der Waals surface area (Å²) >= 11 is 7.82. The normalized spacial score (nSPS) is 22.8. The first-order valence-electron chi connectivity index (χ1n) is 12.2. The molecular formula is C26H26ClF2N5O4S. The number of esters is 1. The van der Waals surface area contributed by atoms with E-state index in [1.165, 1.54) is 49.8 Å². The molecule has 0 radical (unpaired) electrons. The fraction of sp³-hybridized carbons (Fsp3) is 0.385. The number of nitrogens with zero attached hydrogens (tertiary/aromatic N) is 4. The van der Waals surface area contributed by atoms with Crippen LogP contribution in [0.2, 0.25) is 5.02 Å². The third kappa shape index (κ3) is 5.46. The van der Waals surface area contributed by atoms with Crippen molar-refractivity contribution in [1.29, 1.82) is 0 Å². The Balaban J connectivity index is 1.62. The number of halogens is 3. The number of alkyl halides is 1. The lowest BCUT2D eigenvalue weighted by molar-refractivity contribution is -0.136. The van der Waals surface area contributed by atoms with E-state index in [9.17, 15) is 13.6 Å². The van der Waals surface area contributed by atoms with Crippen molar-refractivity contribution < 1.29 is 27.6 Å². The van der Waals surface area contributed by atoms with Gasteiger partial charge in [0.25, 0.3) is 0 Å². The Kier molecular flexibility index (Phi) is 8.08. The van der Waals surface area contributed by atoms with Gasteiger partial charge in [0.2, 0.25) is 0 Å². The molecule has 9 nitrogen and oxygen atoms in total. The van der Waals surface area contributed by atoms with Crippen LogP contribution < -0.4 is 5.32 Å². The molecule has 0 amide bonds. The smallest absolute Gasteiger partial charge is 0.338 e. The van der Waals surface area contributed by atoms with Crippen molar-refractivity contribution in [3.63, 3.8) is 0 Å². The van der Waals surface area contributed by atoms with Crippen LogP contribution in [-0.4, -0.2) is 59.8 Å². The van der Waals surface area contributed by atoms with E-state index in [2.05, 4.69) is 20.4 Å². The summed E-state index contributed by atoms with van der Waals surface area (Å²) in [5.41, 5.74) is 1.72. The molecule has 5 rings (SSSR count). The topological polar surface area (TPSA) is 102 Å². The predicted molar refractivity (Wildman–Crippen MR) is 141 cm³/mol. The first-order chi connectivity index (χ1) is 18.8. The molecule has 0 aliphatic carbocycles. The van der Waals surface area contributed by atoms with Gasteiger partial charge in [-0.1, -0.05) is 22.8 Å². The second-order valence-corrected chi connectivity index (χ2v) is 10.5. The van der Waals surface area contributed by atoms with Gasteiger partial charge in [-0.25, -0.2) is 18.6 Å². The van der Waals surface area contributed by atoms with Crippen molar-refractivity contribution in [3.05, 3.63) is 80.0 Å². The van der Waals surface area contributed by atoms with Crippen molar-refractivity contribution in [2.45, 2.75) is 38.1 Å². The van der Waals surface area contributed by atoms with Crippen molar-refractivity contribution in [2.24, 2.45) is 4.99 Å². The van der Waals surface area contributed by atoms with Crippen molar-refractivity contribution in [3.8, 4) is 0 Å². The number of hydrogen-bond donors (Lipinski definition) is 1. The van der Waals surface area contributed by atoms with E-state index in [1.54, 1.807) is 6.20 Å². The summed E-state index contributed by atoms with van der Waals surface area (Å²) in [5.74, 6) is -0.575. The Morgan fingerprint density at radius 3 is 2.87 bits per heavy atom. The van der Waals surface area contributed by atoms with E-state index in [-0.39, 0.29) is 35.5 Å². The standard InChI is InChI=1S/C26H26ClF2N5O4S/c1-13-11-37-12-20(17-9-31-38-23(17)14(2)28)34(13)10-19-21(26(35)36-3)22(16-5-4-15(29)8-18(16)27)33-24(32-19)25-30-6-7-39-25/h4-9,13-14,20,22H,10-12H2,1-3H3,(H,32,33)/t13?,14?,20?,22-/m0/s1. The molecular weight excluding hydrogens is 552 g/mol. The Morgan fingerprint density at radius 2 is 2.18 bits per heavy atom. The van der Waals surface area contributed by atoms with Gasteiger partial charge in [-0.15, -0.1) is 11.3 Å². The van der Waals surface area contributed by atoms with Gasteiger partial charge in [-0.2, -0.15) is 0 Å². The van der Waals surface area contributed by atoms with Crippen LogP contribution in [-0.2, 0) is 14.3 Å². The lowest BCUT2D eigenvalue weighted by Crippen LogP contribution is -2.49. The van der Waals surface area contributed by atoms with Gasteiger partial charge in [0.1, 0.15) is 11.9 Å². The van der Waals surface area contributed by atoms with E-state index in [0.29, 0.717) is 34.3 Å². The molecule has 0 spiro atoms. The fourth-order valence-corrected chi connectivity index (χ4v) is 5.70. The molecule has 2 aliphatic heterocycles. The van der Waals surface area contributed by atoms with Crippen LogP contribution in [0.4, 0.5) is 8.78 Å². The molecule has 0 bridgehead atoms. The summed E-state index contributed by atoms with van der Waals surface area (Å²) in [5, 5.41) is 9.64. The second-order valence-electron chi connectivity index (χ2n) is 9.23. The molecule has 13 heteroatoms. The molecule has 3 aromatic rings. The molecule has 39 heavy (non-hydrogen) atoms. The maximum Gasteiger partial charge on any atom is 0.338 e. The number of carbonyl (C=O) groups is 1. The van der Waals surface area contributed by atoms with Crippen molar-refractivity contribution in [2.75, 3.05) is 26.9 Å². The Morgan fingerprint density at radius 1 is 1.36 bits per heavy atom. The third-order valence-electron chi connectivity index (χ3n) is 6.71. The van der Waals surface area contributed by atoms with E-state index < -0.39 is 30.0 Å². The number of hydrogen-bond acceptors (Lipinski definition) is 10. The Bertz CT molecular complexity index is 1410. The van der Waals surface area contributed by atoms with Crippen LogP contribution >= 0.6 is 22.9 Å². The number of aliphatic imine (C=N–C) groups is 1. The minimum atomic E-state index is -1.37. The van der Waals surface area contributed by atoms with E-state index in [1.807, 2.05) is 12.3 Å². The van der Waals surface area contributed by atoms with Crippen LogP contribution in [0.15, 0.2) is 56.8 Å². The largest absolute Gasteiger partial charge is 0.466 e. The SMILES string of the molecule is COC(=O)C1=C(CN2C(C)COCC2c2cnoc2C(C)F)NC(c2nccs2)=N[C@H]1c1ccc(F)cc1Cl. The molecule has 2 aromatic heterocycles. The van der Waals surface area contributed by atoms with Gasteiger partial charge in [0.15, 0.2) is 22.8 Å². The number of thiazole rings is 1. The van der Waals surface area contributed by atoms with Gasteiger partial charge < -0.3 is 19.3 Å². The number of carbonyl (C=O) groups excluding carboxylic acids is 1. The quantitative estimate of drug-likeness (QED) is 0.394. The zero-order valence-corrected chi connectivity index (χ0v) is 22.9. The maximum absolute atomic E-state index is 14.4. The van der Waals surface area contributed by atoms with Crippen LogP contribution in [0, 0.1) is 5.82 Å². The molecule has 4 heterocycles. The monoisotopic (exact) mass is 577 g/mol. The minimum absolute atomic E-state index is 0.119. The number of benzene rings is 1. The van der Waals surface area contributed by atoms with Gasteiger partial charge in [-0.05, 0) is 26.0 Å².